The Bertz CT molecular complexity index is 194. The molecule has 2 rings (SSSR count). The summed E-state index contributed by atoms with van der Waals surface area (Å²) in [5.41, 5.74) is -0.536. The Balaban J connectivity index is 1.84. The maximum atomic E-state index is 10.5. The summed E-state index contributed by atoms with van der Waals surface area (Å²) in [5, 5.41) is 17.4. The van der Waals surface area contributed by atoms with Crippen LogP contribution in [0.25, 0.3) is 0 Å². The largest absolute Gasteiger partial charge is 0.388 e. The zero-order chi connectivity index (χ0) is 10.7. The monoisotopic (exact) mass is 212 g/mol. The highest BCUT2D eigenvalue weighted by Gasteiger charge is 2.35. The van der Waals surface area contributed by atoms with Crippen LogP contribution in [-0.2, 0) is 0 Å². The van der Waals surface area contributed by atoms with Crippen molar-refractivity contribution in [3.05, 3.63) is 0 Å². The Morgan fingerprint density at radius 2 is 1.93 bits per heavy atom. The van der Waals surface area contributed by atoms with E-state index in [9.17, 15) is 5.11 Å². The zero-order valence-electron chi connectivity index (χ0n) is 9.76. The van der Waals surface area contributed by atoms with Crippen LogP contribution in [0.15, 0.2) is 0 Å². The molecule has 0 amide bonds. The van der Waals surface area contributed by atoms with Crippen LogP contribution in [-0.4, -0.2) is 35.9 Å². The van der Waals surface area contributed by atoms with Crippen LogP contribution >= 0.6 is 0 Å². The van der Waals surface area contributed by atoms with Crippen LogP contribution in [0.1, 0.15) is 45.4 Å². The highest BCUT2D eigenvalue weighted by Crippen LogP contribution is 2.26. The SMILES string of the molecule is CC(O)(CC1CCCCN1)C1CCCN1. The first-order valence-corrected chi connectivity index (χ1v) is 6.38. The lowest BCUT2D eigenvalue weighted by atomic mass is 9.85. The fraction of sp³-hybridized carbons (Fsp3) is 1.00. The smallest absolute Gasteiger partial charge is 0.0786 e. The molecule has 2 saturated heterocycles. The van der Waals surface area contributed by atoms with E-state index in [0.717, 1.165) is 25.9 Å². The predicted molar refractivity (Wildman–Crippen MR) is 61.9 cm³/mol. The first-order valence-electron chi connectivity index (χ1n) is 6.38. The van der Waals surface area contributed by atoms with E-state index in [1.807, 2.05) is 6.92 Å². The van der Waals surface area contributed by atoms with Crippen LogP contribution in [0.2, 0.25) is 0 Å². The lowest BCUT2D eigenvalue weighted by Gasteiger charge is -2.35. The molecular weight excluding hydrogens is 188 g/mol. The second-order valence-electron chi connectivity index (χ2n) is 5.36. The maximum Gasteiger partial charge on any atom is 0.0786 e. The number of aliphatic hydroxyl groups is 1. The highest BCUT2D eigenvalue weighted by atomic mass is 16.3. The van der Waals surface area contributed by atoms with Gasteiger partial charge in [0.25, 0.3) is 0 Å². The minimum absolute atomic E-state index is 0.307. The van der Waals surface area contributed by atoms with E-state index in [1.165, 1.54) is 25.7 Å². The van der Waals surface area contributed by atoms with E-state index in [4.69, 9.17) is 0 Å². The van der Waals surface area contributed by atoms with Gasteiger partial charge < -0.3 is 15.7 Å². The fourth-order valence-electron chi connectivity index (χ4n) is 2.95. The molecule has 3 nitrogen and oxygen atoms in total. The first-order chi connectivity index (χ1) is 7.18. The Morgan fingerprint density at radius 1 is 1.13 bits per heavy atom. The number of hydrogen-bond donors (Lipinski definition) is 3. The zero-order valence-corrected chi connectivity index (χ0v) is 9.76. The summed E-state index contributed by atoms with van der Waals surface area (Å²) < 4.78 is 0. The van der Waals surface area contributed by atoms with Crippen LogP contribution in [0.3, 0.4) is 0 Å². The van der Waals surface area contributed by atoms with Crippen molar-refractivity contribution < 1.29 is 5.11 Å². The Kier molecular flexibility index (Phi) is 3.65. The molecule has 2 heterocycles. The Morgan fingerprint density at radius 3 is 2.53 bits per heavy atom. The van der Waals surface area contributed by atoms with Crippen molar-refractivity contribution in [3.8, 4) is 0 Å². The van der Waals surface area contributed by atoms with Crippen LogP contribution < -0.4 is 10.6 Å². The van der Waals surface area contributed by atoms with Gasteiger partial charge in [-0.05, 0) is 52.1 Å². The molecule has 0 radical (unpaired) electrons. The molecule has 0 aromatic heterocycles. The van der Waals surface area contributed by atoms with Gasteiger partial charge in [-0.25, -0.2) is 0 Å². The van der Waals surface area contributed by atoms with Crippen molar-refractivity contribution in [2.75, 3.05) is 13.1 Å². The van der Waals surface area contributed by atoms with Crippen molar-refractivity contribution >= 4 is 0 Å². The summed E-state index contributed by atoms with van der Waals surface area (Å²) in [6.07, 6.45) is 7.05. The van der Waals surface area contributed by atoms with E-state index < -0.39 is 5.60 Å². The Hall–Kier alpha value is -0.120. The predicted octanol–water partition coefficient (Wildman–Crippen LogP) is 1.02. The summed E-state index contributed by atoms with van der Waals surface area (Å²) in [6, 6.07) is 0.831. The number of nitrogens with one attached hydrogen (secondary N) is 2. The van der Waals surface area contributed by atoms with Gasteiger partial charge in [0, 0.05) is 12.1 Å². The van der Waals surface area contributed by atoms with Crippen LogP contribution in [0.5, 0.6) is 0 Å². The van der Waals surface area contributed by atoms with Gasteiger partial charge in [-0.3, -0.25) is 0 Å². The van der Waals surface area contributed by atoms with Gasteiger partial charge in [-0.1, -0.05) is 6.42 Å². The van der Waals surface area contributed by atoms with E-state index >= 15 is 0 Å². The molecule has 0 aromatic rings. The third-order valence-corrected chi connectivity index (χ3v) is 3.88. The van der Waals surface area contributed by atoms with Crippen molar-refractivity contribution in [3.63, 3.8) is 0 Å². The molecule has 0 aliphatic carbocycles. The molecule has 2 aliphatic heterocycles. The summed E-state index contributed by atoms with van der Waals surface area (Å²) in [5.74, 6) is 0. The summed E-state index contributed by atoms with van der Waals surface area (Å²) in [4.78, 5) is 0. The minimum Gasteiger partial charge on any atom is -0.388 e. The number of rotatable bonds is 3. The summed E-state index contributed by atoms with van der Waals surface area (Å²) >= 11 is 0. The summed E-state index contributed by atoms with van der Waals surface area (Å²) in [7, 11) is 0. The van der Waals surface area contributed by atoms with Crippen molar-refractivity contribution in [2.45, 2.75) is 63.1 Å². The molecule has 3 atom stereocenters. The molecule has 0 aromatic carbocycles. The average Bonchev–Trinajstić information content (AvgIpc) is 2.71. The quantitative estimate of drug-likeness (QED) is 0.654. The van der Waals surface area contributed by atoms with Gasteiger partial charge in [-0.2, -0.15) is 0 Å². The van der Waals surface area contributed by atoms with Crippen LogP contribution in [0, 0.1) is 0 Å². The van der Waals surface area contributed by atoms with Gasteiger partial charge in [0.15, 0.2) is 0 Å². The van der Waals surface area contributed by atoms with Crippen molar-refractivity contribution in [1.82, 2.24) is 10.6 Å². The first kappa shape index (κ1) is 11.4. The van der Waals surface area contributed by atoms with Gasteiger partial charge in [0.05, 0.1) is 5.60 Å². The van der Waals surface area contributed by atoms with Crippen molar-refractivity contribution in [1.29, 1.82) is 0 Å². The topological polar surface area (TPSA) is 44.3 Å². The van der Waals surface area contributed by atoms with E-state index in [0.29, 0.717) is 12.1 Å². The number of hydrogen-bond acceptors (Lipinski definition) is 3. The molecule has 0 bridgehead atoms. The lowest BCUT2D eigenvalue weighted by Crippen LogP contribution is -2.50. The maximum absolute atomic E-state index is 10.5. The normalized spacial score (nSPS) is 36.4. The van der Waals surface area contributed by atoms with Gasteiger partial charge in [-0.15, -0.1) is 0 Å². The third-order valence-electron chi connectivity index (χ3n) is 3.88. The molecule has 2 fully saturated rings. The van der Waals surface area contributed by atoms with E-state index in [-0.39, 0.29) is 0 Å². The molecule has 2 aliphatic rings. The van der Waals surface area contributed by atoms with Crippen molar-refractivity contribution in [2.24, 2.45) is 0 Å². The standard InChI is InChI=1S/C12H24N2O/c1-12(15,11-6-4-8-14-11)9-10-5-2-3-7-13-10/h10-11,13-15H,2-9H2,1H3. The molecule has 3 unspecified atom stereocenters. The van der Waals surface area contributed by atoms with Gasteiger partial charge in [0.2, 0.25) is 0 Å². The highest BCUT2D eigenvalue weighted by molar-refractivity contribution is 4.94. The molecular formula is C12H24N2O. The average molecular weight is 212 g/mol. The van der Waals surface area contributed by atoms with Gasteiger partial charge in [0.1, 0.15) is 0 Å². The van der Waals surface area contributed by atoms with E-state index in [1.54, 1.807) is 0 Å². The Labute approximate surface area is 92.6 Å². The van der Waals surface area contributed by atoms with Crippen LogP contribution in [0.4, 0.5) is 0 Å². The second-order valence-corrected chi connectivity index (χ2v) is 5.36. The van der Waals surface area contributed by atoms with E-state index in [2.05, 4.69) is 10.6 Å². The second kappa shape index (κ2) is 4.81. The molecule has 3 heteroatoms. The summed E-state index contributed by atoms with van der Waals surface area (Å²) in [6.45, 7) is 4.18. The molecule has 15 heavy (non-hydrogen) atoms. The molecule has 88 valence electrons. The minimum atomic E-state index is -0.536. The third kappa shape index (κ3) is 2.92. The number of piperidine rings is 1. The molecule has 0 spiro atoms. The van der Waals surface area contributed by atoms with Gasteiger partial charge >= 0.3 is 0 Å². The fourth-order valence-corrected chi connectivity index (χ4v) is 2.95. The molecule has 3 N–H and O–H groups in total. The lowest BCUT2D eigenvalue weighted by molar-refractivity contribution is 0.00577. The molecule has 0 saturated carbocycles.